The zero-order chi connectivity index (χ0) is 13.8. The molecule has 1 aromatic rings. The molecule has 0 radical (unpaired) electrons. The summed E-state index contributed by atoms with van der Waals surface area (Å²) in [6.45, 7) is 7.49. The SMILES string of the molecule is COc1c(C)cc(C)cc1C(N)CN1CCCCC1. The van der Waals surface area contributed by atoms with Gasteiger partial charge in [0, 0.05) is 18.2 Å². The van der Waals surface area contributed by atoms with Gasteiger partial charge in [-0.3, -0.25) is 0 Å². The van der Waals surface area contributed by atoms with Crippen LogP contribution in [0.15, 0.2) is 12.1 Å². The Hall–Kier alpha value is -1.06. The second-order valence-corrected chi connectivity index (χ2v) is 5.67. The summed E-state index contributed by atoms with van der Waals surface area (Å²) in [6.07, 6.45) is 3.96. The lowest BCUT2D eigenvalue weighted by Gasteiger charge is -2.30. The number of benzene rings is 1. The molecule has 106 valence electrons. The number of likely N-dealkylation sites (tertiary alicyclic amines) is 1. The minimum absolute atomic E-state index is 0.0339. The van der Waals surface area contributed by atoms with Gasteiger partial charge in [0.15, 0.2) is 0 Å². The Bertz CT molecular complexity index is 425. The number of piperidine rings is 1. The molecule has 1 fully saturated rings. The fraction of sp³-hybridized carbons (Fsp3) is 0.625. The summed E-state index contributed by atoms with van der Waals surface area (Å²) in [6, 6.07) is 4.35. The van der Waals surface area contributed by atoms with Crippen LogP contribution in [0, 0.1) is 13.8 Å². The molecule has 19 heavy (non-hydrogen) atoms. The molecule has 3 heteroatoms. The lowest BCUT2D eigenvalue weighted by atomic mass is 9.99. The number of methoxy groups -OCH3 is 1. The van der Waals surface area contributed by atoms with E-state index in [9.17, 15) is 0 Å². The van der Waals surface area contributed by atoms with Crippen molar-refractivity contribution in [2.45, 2.75) is 39.2 Å². The molecule has 1 saturated heterocycles. The normalized spacial score (nSPS) is 18.3. The van der Waals surface area contributed by atoms with E-state index < -0.39 is 0 Å². The van der Waals surface area contributed by atoms with Crippen LogP contribution in [0.3, 0.4) is 0 Å². The van der Waals surface area contributed by atoms with Crippen LogP contribution in [0.5, 0.6) is 5.75 Å². The van der Waals surface area contributed by atoms with E-state index in [0.717, 1.165) is 17.9 Å². The van der Waals surface area contributed by atoms with Gasteiger partial charge in [0.05, 0.1) is 7.11 Å². The molecular weight excluding hydrogens is 236 g/mol. The van der Waals surface area contributed by atoms with E-state index in [-0.39, 0.29) is 6.04 Å². The average Bonchev–Trinajstić information content (AvgIpc) is 2.39. The molecule has 1 unspecified atom stereocenters. The highest BCUT2D eigenvalue weighted by Crippen LogP contribution is 2.30. The predicted octanol–water partition coefficient (Wildman–Crippen LogP) is 2.80. The summed E-state index contributed by atoms with van der Waals surface area (Å²) in [5.74, 6) is 0.954. The quantitative estimate of drug-likeness (QED) is 0.907. The van der Waals surface area contributed by atoms with Crippen molar-refractivity contribution >= 4 is 0 Å². The molecule has 0 saturated carbocycles. The van der Waals surface area contributed by atoms with Crippen LogP contribution in [0.4, 0.5) is 0 Å². The average molecular weight is 262 g/mol. The van der Waals surface area contributed by atoms with Crippen LogP contribution in [0.25, 0.3) is 0 Å². The number of nitrogens with zero attached hydrogens (tertiary/aromatic N) is 1. The lowest BCUT2D eigenvalue weighted by molar-refractivity contribution is 0.215. The van der Waals surface area contributed by atoms with Crippen molar-refractivity contribution in [3.05, 3.63) is 28.8 Å². The van der Waals surface area contributed by atoms with Gasteiger partial charge in [-0.05, 0) is 45.3 Å². The Morgan fingerprint density at radius 3 is 2.53 bits per heavy atom. The Balaban J connectivity index is 2.15. The van der Waals surface area contributed by atoms with E-state index in [1.54, 1.807) is 7.11 Å². The van der Waals surface area contributed by atoms with Crippen molar-refractivity contribution in [3.63, 3.8) is 0 Å². The molecule has 1 atom stereocenters. The monoisotopic (exact) mass is 262 g/mol. The standard InChI is InChI=1S/C16H26N2O/c1-12-9-13(2)16(19-3)14(10-12)15(17)11-18-7-5-4-6-8-18/h9-10,15H,4-8,11,17H2,1-3H3. The number of hydrogen-bond acceptors (Lipinski definition) is 3. The van der Waals surface area contributed by atoms with Crippen LogP contribution in [0.2, 0.25) is 0 Å². The largest absolute Gasteiger partial charge is 0.496 e. The minimum Gasteiger partial charge on any atom is -0.496 e. The number of hydrogen-bond donors (Lipinski definition) is 1. The Labute approximate surface area is 116 Å². The van der Waals surface area contributed by atoms with E-state index >= 15 is 0 Å². The minimum atomic E-state index is 0.0339. The van der Waals surface area contributed by atoms with E-state index in [1.165, 1.54) is 43.5 Å². The molecule has 1 heterocycles. The number of ether oxygens (including phenoxy) is 1. The molecule has 0 amide bonds. The highest BCUT2D eigenvalue weighted by atomic mass is 16.5. The van der Waals surface area contributed by atoms with Crippen LogP contribution in [-0.2, 0) is 0 Å². The summed E-state index contributed by atoms with van der Waals surface area (Å²) in [5, 5.41) is 0. The maximum atomic E-state index is 6.42. The van der Waals surface area contributed by atoms with Crippen molar-refractivity contribution in [2.24, 2.45) is 5.73 Å². The van der Waals surface area contributed by atoms with Crippen molar-refractivity contribution in [3.8, 4) is 5.75 Å². The summed E-state index contributed by atoms with van der Waals surface area (Å²) in [7, 11) is 1.73. The summed E-state index contributed by atoms with van der Waals surface area (Å²) < 4.78 is 5.54. The maximum absolute atomic E-state index is 6.42. The van der Waals surface area contributed by atoms with E-state index in [0.29, 0.717) is 0 Å². The van der Waals surface area contributed by atoms with Gasteiger partial charge in [0.2, 0.25) is 0 Å². The molecule has 1 aliphatic rings. The molecule has 0 spiro atoms. The van der Waals surface area contributed by atoms with Gasteiger partial charge in [-0.2, -0.15) is 0 Å². The first kappa shape index (κ1) is 14.4. The van der Waals surface area contributed by atoms with Gasteiger partial charge in [-0.1, -0.05) is 24.1 Å². The van der Waals surface area contributed by atoms with Crippen LogP contribution >= 0.6 is 0 Å². The lowest BCUT2D eigenvalue weighted by Crippen LogP contribution is -2.36. The number of nitrogens with two attached hydrogens (primary N) is 1. The van der Waals surface area contributed by atoms with E-state index in [1.807, 2.05) is 0 Å². The highest BCUT2D eigenvalue weighted by Gasteiger charge is 2.19. The van der Waals surface area contributed by atoms with Crippen molar-refractivity contribution < 1.29 is 4.74 Å². The molecule has 2 rings (SSSR count). The van der Waals surface area contributed by atoms with Crippen LogP contribution in [-0.4, -0.2) is 31.6 Å². The topological polar surface area (TPSA) is 38.5 Å². The third-order valence-corrected chi connectivity index (χ3v) is 3.95. The molecule has 0 aliphatic carbocycles. The van der Waals surface area contributed by atoms with Crippen LogP contribution in [0.1, 0.15) is 42.0 Å². The predicted molar refractivity (Wildman–Crippen MR) is 79.7 cm³/mol. The van der Waals surface area contributed by atoms with Gasteiger partial charge in [0.25, 0.3) is 0 Å². The third-order valence-electron chi connectivity index (χ3n) is 3.95. The molecule has 1 aliphatic heterocycles. The maximum Gasteiger partial charge on any atom is 0.126 e. The third kappa shape index (κ3) is 3.48. The smallest absolute Gasteiger partial charge is 0.126 e. The van der Waals surface area contributed by atoms with Gasteiger partial charge in [-0.25, -0.2) is 0 Å². The van der Waals surface area contributed by atoms with Gasteiger partial charge in [0.1, 0.15) is 5.75 Å². The second-order valence-electron chi connectivity index (χ2n) is 5.67. The zero-order valence-corrected chi connectivity index (χ0v) is 12.4. The van der Waals surface area contributed by atoms with Crippen LogP contribution < -0.4 is 10.5 Å². The van der Waals surface area contributed by atoms with Gasteiger partial charge in [-0.15, -0.1) is 0 Å². The number of aryl methyl sites for hydroxylation is 2. The number of rotatable bonds is 4. The Kier molecular flexibility index (Phi) is 4.83. The molecule has 2 N–H and O–H groups in total. The molecule has 1 aromatic carbocycles. The first-order chi connectivity index (χ1) is 9.11. The fourth-order valence-electron chi connectivity index (χ4n) is 3.06. The Morgan fingerprint density at radius 1 is 1.21 bits per heavy atom. The Morgan fingerprint density at radius 2 is 1.89 bits per heavy atom. The second kappa shape index (κ2) is 6.40. The first-order valence-corrected chi connectivity index (χ1v) is 7.25. The molecule has 3 nitrogen and oxygen atoms in total. The van der Waals surface area contributed by atoms with E-state index in [2.05, 4.69) is 30.9 Å². The van der Waals surface area contributed by atoms with Crippen molar-refractivity contribution in [2.75, 3.05) is 26.7 Å². The van der Waals surface area contributed by atoms with Gasteiger partial charge >= 0.3 is 0 Å². The summed E-state index contributed by atoms with van der Waals surface area (Å²) >= 11 is 0. The molecular formula is C16H26N2O. The highest BCUT2D eigenvalue weighted by molar-refractivity contribution is 5.45. The van der Waals surface area contributed by atoms with E-state index in [4.69, 9.17) is 10.5 Å². The van der Waals surface area contributed by atoms with Crippen molar-refractivity contribution in [1.29, 1.82) is 0 Å². The molecule has 0 aromatic heterocycles. The van der Waals surface area contributed by atoms with Crippen molar-refractivity contribution in [1.82, 2.24) is 4.90 Å². The fourth-order valence-corrected chi connectivity index (χ4v) is 3.06. The summed E-state index contributed by atoms with van der Waals surface area (Å²) in [4.78, 5) is 2.48. The summed E-state index contributed by atoms with van der Waals surface area (Å²) in [5.41, 5.74) is 9.99. The first-order valence-electron chi connectivity index (χ1n) is 7.25. The van der Waals surface area contributed by atoms with Gasteiger partial charge < -0.3 is 15.4 Å². The molecule has 0 bridgehead atoms. The zero-order valence-electron chi connectivity index (χ0n) is 12.4.